The average Bonchev–Trinajstić information content (AvgIpc) is 2.58. The van der Waals surface area contributed by atoms with Gasteiger partial charge in [-0.15, -0.1) is 0 Å². The topological polar surface area (TPSA) is 94.1 Å². The van der Waals surface area contributed by atoms with Crippen LogP contribution in [0.15, 0.2) is 0 Å². The minimum absolute atomic E-state index is 0. The lowest BCUT2D eigenvalue weighted by Gasteiger charge is -2.36. The third-order valence-electron chi connectivity index (χ3n) is 6.63. The molecule has 0 aromatic heterocycles. The Kier molecular flexibility index (Phi) is 13.0. The highest BCUT2D eigenvalue weighted by Gasteiger charge is 2.27. The molecular formula is C21H48N4. The zero-order chi connectivity index (χ0) is 16.7. The zero-order valence-electron chi connectivity index (χ0n) is 17.7. The zero-order valence-corrected chi connectivity index (χ0v) is 17.7. The van der Waals surface area contributed by atoms with Crippen LogP contribution in [-0.2, 0) is 0 Å². The van der Waals surface area contributed by atoms with Gasteiger partial charge in [-0.25, -0.2) is 0 Å². The van der Waals surface area contributed by atoms with E-state index in [2.05, 4.69) is 38.3 Å². The molecule has 0 aromatic rings. The first-order valence-electron chi connectivity index (χ1n) is 10.6. The standard InChI is InChI=1S/C21H42N2.2H3N/c1-5-16(3)22-20-11-7-18(8-12-20)15-19-9-13-21(14-10-19)23-17(4)6-2;;/h16-23H,5-15H2,1-4H3;2*1H3. The summed E-state index contributed by atoms with van der Waals surface area (Å²) in [6.45, 7) is 9.24. The van der Waals surface area contributed by atoms with E-state index in [1.54, 1.807) is 0 Å². The maximum Gasteiger partial charge on any atom is 0.00697 e. The van der Waals surface area contributed by atoms with Gasteiger partial charge < -0.3 is 22.9 Å². The Bertz CT molecular complexity index is 277. The summed E-state index contributed by atoms with van der Waals surface area (Å²) in [5.74, 6) is 2.04. The van der Waals surface area contributed by atoms with Gasteiger partial charge in [-0.1, -0.05) is 13.8 Å². The lowest BCUT2D eigenvalue weighted by atomic mass is 9.75. The van der Waals surface area contributed by atoms with E-state index >= 15 is 0 Å². The maximum absolute atomic E-state index is 3.81. The minimum atomic E-state index is 0. The van der Waals surface area contributed by atoms with Crippen molar-refractivity contribution >= 4 is 0 Å². The van der Waals surface area contributed by atoms with Crippen LogP contribution < -0.4 is 22.9 Å². The van der Waals surface area contributed by atoms with E-state index in [1.165, 1.54) is 70.6 Å². The summed E-state index contributed by atoms with van der Waals surface area (Å²) in [7, 11) is 0. The quantitative estimate of drug-likeness (QED) is 0.455. The molecule has 8 N–H and O–H groups in total. The van der Waals surface area contributed by atoms with Gasteiger partial charge in [0.25, 0.3) is 0 Å². The van der Waals surface area contributed by atoms with Crippen molar-refractivity contribution in [2.75, 3.05) is 0 Å². The Morgan fingerprint density at radius 3 is 1.24 bits per heavy atom. The molecule has 152 valence electrons. The lowest BCUT2D eigenvalue weighted by molar-refractivity contribution is 0.199. The van der Waals surface area contributed by atoms with E-state index in [-0.39, 0.29) is 12.3 Å². The summed E-state index contributed by atoms with van der Waals surface area (Å²) in [6.07, 6.45) is 15.6. The summed E-state index contributed by atoms with van der Waals surface area (Å²) in [5, 5.41) is 7.63. The monoisotopic (exact) mass is 356 g/mol. The minimum Gasteiger partial charge on any atom is -0.344 e. The van der Waals surface area contributed by atoms with Crippen molar-refractivity contribution in [1.82, 2.24) is 22.9 Å². The van der Waals surface area contributed by atoms with Gasteiger partial charge >= 0.3 is 0 Å². The van der Waals surface area contributed by atoms with Crippen molar-refractivity contribution < 1.29 is 0 Å². The number of hydrogen-bond acceptors (Lipinski definition) is 4. The smallest absolute Gasteiger partial charge is 0.00697 e. The largest absolute Gasteiger partial charge is 0.344 e. The molecule has 25 heavy (non-hydrogen) atoms. The first-order chi connectivity index (χ1) is 11.1. The summed E-state index contributed by atoms with van der Waals surface area (Å²) in [6, 6.07) is 3.00. The van der Waals surface area contributed by atoms with Gasteiger partial charge in [0.05, 0.1) is 0 Å². The molecule has 0 radical (unpaired) electrons. The Morgan fingerprint density at radius 2 is 0.960 bits per heavy atom. The van der Waals surface area contributed by atoms with E-state index < -0.39 is 0 Å². The Hall–Kier alpha value is -0.160. The molecule has 4 heteroatoms. The lowest BCUT2D eigenvalue weighted by Crippen LogP contribution is -2.40. The van der Waals surface area contributed by atoms with Crippen molar-refractivity contribution in [2.24, 2.45) is 11.8 Å². The fourth-order valence-corrected chi connectivity index (χ4v) is 4.64. The third-order valence-corrected chi connectivity index (χ3v) is 6.63. The highest BCUT2D eigenvalue weighted by molar-refractivity contribution is 4.83. The molecule has 2 fully saturated rings. The predicted octanol–water partition coefficient (Wildman–Crippen LogP) is 5.59. The fourth-order valence-electron chi connectivity index (χ4n) is 4.64. The molecule has 0 bridgehead atoms. The van der Waals surface area contributed by atoms with E-state index in [9.17, 15) is 0 Å². The summed E-state index contributed by atoms with van der Waals surface area (Å²) < 4.78 is 0. The van der Waals surface area contributed by atoms with Crippen LogP contribution in [0.3, 0.4) is 0 Å². The Labute approximate surface area is 157 Å². The molecule has 0 saturated heterocycles. The predicted molar refractivity (Wildman–Crippen MR) is 112 cm³/mol. The highest BCUT2D eigenvalue weighted by Crippen LogP contribution is 2.35. The van der Waals surface area contributed by atoms with Gasteiger partial charge in [0.15, 0.2) is 0 Å². The number of rotatable bonds is 8. The molecule has 0 spiro atoms. The van der Waals surface area contributed by atoms with Crippen LogP contribution >= 0.6 is 0 Å². The molecule has 4 nitrogen and oxygen atoms in total. The summed E-state index contributed by atoms with van der Waals surface area (Å²) >= 11 is 0. The van der Waals surface area contributed by atoms with E-state index in [0.717, 1.165) is 23.9 Å². The molecule has 2 saturated carbocycles. The first-order valence-corrected chi connectivity index (χ1v) is 10.6. The van der Waals surface area contributed by atoms with Gasteiger partial charge in [-0.2, -0.15) is 0 Å². The normalized spacial score (nSPS) is 32.2. The van der Waals surface area contributed by atoms with Crippen LogP contribution in [0.2, 0.25) is 0 Å². The van der Waals surface area contributed by atoms with Gasteiger partial charge in [-0.05, 0) is 96.3 Å². The van der Waals surface area contributed by atoms with E-state index in [0.29, 0.717) is 12.1 Å². The van der Waals surface area contributed by atoms with Crippen molar-refractivity contribution in [3.05, 3.63) is 0 Å². The van der Waals surface area contributed by atoms with Crippen molar-refractivity contribution in [3.8, 4) is 0 Å². The summed E-state index contributed by atoms with van der Waals surface area (Å²) in [4.78, 5) is 0. The van der Waals surface area contributed by atoms with E-state index in [1.807, 2.05) is 0 Å². The molecule has 2 atom stereocenters. The summed E-state index contributed by atoms with van der Waals surface area (Å²) in [5.41, 5.74) is 0. The second-order valence-electron chi connectivity index (χ2n) is 8.62. The van der Waals surface area contributed by atoms with Crippen LogP contribution in [0.4, 0.5) is 0 Å². The van der Waals surface area contributed by atoms with Crippen LogP contribution in [-0.4, -0.2) is 24.2 Å². The SMILES string of the molecule is CCC(C)NC1CCC(CC2CCC(NC(C)CC)CC2)CC1.N.N. The number of hydrogen-bond donors (Lipinski definition) is 4. The maximum atomic E-state index is 3.81. The van der Waals surface area contributed by atoms with Crippen molar-refractivity contribution in [2.45, 2.75) is 122 Å². The second kappa shape index (κ2) is 13.1. The van der Waals surface area contributed by atoms with E-state index in [4.69, 9.17) is 0 Å². The van der Waals surface area contributed by atoms with Crippen LogP contribution in [0.25, 0.3) is 0 Å². The molecular weight excluding hydrogens is 308 g/mol. The molecule has 0 amide bonds. The molecule has 2 unspecified atom stereocenters. The average molecular weight is 357 g/mol. The molecule has 0 aliphatic heterocycles. The molecule has 0 heterocycles. The van der Waals surface area contributed by atoms with Crippen LogP contribution in [0.5, 0.6) is 0 Å². The van der Waals surface area contributed by atoms with Crippen molar-refractivity contribution in [3.63, 3.8) is 0 Å². The Morgan fingerprint density at radius 1 is 0.640 bits per heavy atom. The second-order valence-corrected chi connectivity index (χ2v) is 8.62. The Balaban J connectivity index is 0.00000288. The molecule has 2 rings (SSSR count). The van der Waals surface area contributed by atoms with Gasteiger partial charge in [0.2, 0.25) is 0 Å². The van der Waals surface area contributed by atoms with Crippen LogP contribution in [0, 0.1) is 11.8 Å². The van der Waals surface area contributed by atoms with Crippen molar-refractivity contribution in [1.29, 1.82) is 0 Å². The van der Waals surface area contributed by atoms with Gasteiger partial charge in [0.1, 0.15) is 0 Å². The molecule has 2 aliphatic rings. The molecule has 0 aromatic carbocycles. The third kappa shape index (κ3) is 8.85. The molecule has 2 aliphatic carbocycles. The first kappa shape index (κ1) is 24.8. The van der Waals surface area contributed by atoms with Gasteiger partial charge in [-0.3, -0.25) is 0 Å². The fraction of sp³-hybridized carbons (Fsp3) is 1.00. The number of nitrogens with one attached hydrogen (secondary N) is 2. The van der Waals surface area contributed by atoms with Gasteiger partial charge in [0, 0.05) is 24.2 Å². The van der Waals surface area contributed by atoms with Crippen LogP contribution in [0.1, 0.15) is 98.3 Å². The highest BCUT2D eigenvalue weighted by atomic mass is 14.9.